The highest BCUT2D eigenvalue weighted by Crippen LogP contribution is 2.37. The van der Waals surface area contributed by atoms with E-state index < -0.39 is 0 Å². The third kappa shape index (κ3) is 2.16. The Kier molecular flexibility index (Phi) is 3.81. The highest BCUT2D eigenvalue weighted by atomic mass is 35.5. The molecule has 0 fully saturated rings. The number of methoxy groups -OCH3 is 2. The largest absolute Gasteiger partial charge is 0.496 e. The molecule has 1 aromatic rings. The first kappa shape index (κ1) is 11.7. The number of hydrogen-bond donors (Lipinski definition) is 0. The van der Waals surface area contributed by atoms with Crippen molar-refractivity contribution in [1.82, 2.24) is 0 Å². The Morgan fingerprint density at radius 3 is 2.53 bits per heavy atom. The van der Waals surface area contributed by atoms with Crippen molar-refractivity contribution < 1.29 is 9.47 Å². The number of halogens is 1. The van der Waals surface area contributed by atoms with E-state index in [1.807, 2.05) is 6.92 Å². The number of ether oxygens (including phenoxy) is 2. The van der Waals surface area contributed by atoms with Gasteiger partial charge in [-0.1, -0.05) is 11.6 Å². The monoisotopic (exact) mass is 225 g/mol. The van der Waals surface area contributed by atoms with Gasteiger partial charge in [0.25, 0.3) is 0 Å². The molecule has 0 unspecified atom stereocenters. The zero-order chi connectivity index (χ0) is 11.4. The lowest BCUT2D eigenvalue weighted by molar-refractivity contribution is 0.397. The summed E-state index contributed by atoms with van der Waals surface area (Å²) in [5.41, 5.74) is 1.56. The maximum absolute atomic E-state index is 8.67. The molecule has 1 rings (SSSR count). The minimum Gasteiger partial charge on any atom is -0.496 e. The SMILES string of the molecule is COc1cc(CC#N)c(OC)c(Cl)c1C. The number of rotatable bonds is 3. The summed E-state index contributed by atoms with van der Waals surface area (Å²) in [5.74, 6) is 1.22. The fourth-order valence-corrected chi connectivity index (χ4v) is 1.69. The summed E-state index contributed by atoms with van der Waals surface area (Å²) in [4.78, 5) is 0. The highest BCUT2D eigenvalue weighted by Gasteiger charge is 2.14. The molecule has 0 aromatic heterocycles. The van der Waals surface area contributed by atoms with Gasteiger partial charge in [-0.15, -0.1) is 0 Å². The van der Waals surface area contributed by atoms with Gasteiger partial charge in [0.15, 0.2) is 0 Å². The number of hydrogen-bond acceptors (Lipinski definition) is 3. The summed E-state index contributed by atoms with van der Waals surface area (Å²) >= 11 is 6.10. The number of nitrogens with zero attached hydrogens (tertiary/aromatic N) is 1. The highest BCUT2D eigenvalue weighted by molar-refractivity contribution is 6.33. The summed E-state index contributed by atoms with van der Waals surface area (Å²) in [5, 5.41) is 9.18. The Hall–Kier alpha value is -1.40. The smallest absolute Gasteiger partial charge is 0.142 e. The van der Waals surface area contributed by atoms with Gasteiger partial charge in [0.1, 0.15) is 11.5 Å². The summed E-state index contributed by atoms with van der Waals surface area (Å²) in [6, 6.07) is 3.84. The van der Waals surface area contributed by atoms with Crippen LogP contribution in [0.2, 0.25) is 5.02 Å². The predicted molar refractivity (Wildman–Crippen MR) is 58.6 cm³/mol. The van der Waals surface area contributed by atoms with E-state index in [0.717, 1.165) is 11.1 Å². The lowest BCUT2D eigenvalue weighted by Gasteiger charge is -2.13. The average molecular weight is 226 g/mol. The average Bonchev–Trinajstić information content (AvgIpc) is 2.24. The van der Waals surface area contributed by atoms with Gasteiger partial charge in [-0.25, -0.2) is 0 Å². The van der Waals surface area contributed by atoms with Crippen LogP contribution in [0, 0.1) is 18.3 Å². The van der Waals surface area contributed by atoms with Crippen molar-refractivity contribution in [3.05, 3.63) is 22.2 Å². The van der Waals surface area contributed by atoms with Crippen molar-refractivity contribution >= 4 is 11.6 Å². The van der Waals surface area contributed by atoms with Crippen molar-refractivity contribution in [2.24, 2.45) is 0 Å². The van der Waals surface area contributed by atoms with E-state index in [1.54, 1.807) is 13.2 Å². The summed E-state index contributed by atoms with van der Waals surface area (Å²) in [7, 11) is 3.11. The zero-order valence-corrected chi connectivity index (χ0v) is 9.68. The number of benzene rings is 1. The number of nitriles is 1. The molecule has 0 saturated carbocycles. The van der Waals surface area contributed by atoms with Crippen LogP contribution in [0.4, 0.5) is 0 Å². The first-order valence-electron chi connectivity index (χ1n) is 4.42. The normalized spacial score (nSPS) is 9.53. The molecule has 0 spiro atoms. The Bertz CT molecular complexity index is 410. The van der Waals surface area contributed by atoms with Gasteiger partial charge >= 0.3 is 0 Å². The van der Waals surface area contributed by atoms with Crippen LogP contribution >= 0.6 is 11.6 Å². The topological polar surface area (TPSA) is 42.2 Å². The van der Waals surface area contributed by atoms with Gasteiger partial charge in [-0.3, -0.25) is 0 Å². The molecule has 0 aliphatic carbocycles. The van der Waals surface area contributed by atoms with E-state index in [1.165, 1.54) is 7.11 Å². The van der Waals surface area contributed by atoms with Gasteiger partial charge in [-0.2, -0.15) is 5.26 Å². The van der Waals surface area contributed by atoms with Crippen LogP contribution in [0.15, 0.2) is 6.07 Å². The van der Waals surface area contributed by atoms with Gasteiger partial charge in [0, 0.05) is 11.1 Å². The molecule has 0 amide bonds. The predicted octanol–water partition coefficient (Wildman–Crippen LogP) is 2.73. The third-order valence-corrected chi connectivity index (χ3v) is 2.64. The molecule has 0 atom stereocenters. The summed E-state index contributed by atoms with van der Waals surface area (Å²) in [6.07, 6.45) is 0.250. The van der Waals surface area contributed by atoms with Crippen LogP contribution in [0.5, 0.6) is 11.5 Å². The van der Waals surface area contributed by atoms with Crippen molar-refractivity contribution in [2.45, 2.75) is 13.3 Å². The minimum absolute atomic E-state index is 0.250. The maximum Gasteiger partial charge on any atom is 0.142 e. The van der Waals surface area contributed by atoms with Gasteiger partial charge in [0.2, 0.25) is 0 Å². The third-order valence-electron chi connectivity index (χ3n) is 2.19. The van der Waals surface area contributed by atoms with Crippen LogP contribution in [0.25, 0.3) is 0 Å². The fourth-order valence-electron chi connectivity index (χ4n) is 1.40. The van der Waals surface area contributed by atoms with E-state index >= 15 is 0 Å². The molecular formula is C11H12ClNO2. The van der Waals surface area contributed by atoms with Crippen LogP contribution in [0.1, 0.15) is 11.1 Å². The first-order chi connectivity index (χ1) is 7.15. The molecule has 0 saturated heterocycles. The lowest BCUT2D eigenvalue weighted by Crippen LogP contribution is -1.97. The Morgan fingerprint density at radius 2 is 2.07 bits per heavy atom. The van der Waals surface area contributed by atoms with E-state index in [9.17, 15) is 0 Å². The second kappa shape index (κ2) is 4.90. The van der Waals surface area contributed by atoms with Crippen LogP contribution in [0.3, 0.4) is 0 Å². The van der Waals surface area contributed by atoms with E-state index in [2.05, 4.69) is 6.07 Å². The van der Waals surface area contributed by atoms with Gasteiger partial charge in [-0.05, 0) is 13.0 Å². The van der Waals surface area contributed by atoms with Crippen molar-refractivity contribution in [3.8, 4) is 17.6 Å². The molecule has 0 N–H and O–H groups in total. The quantitative estimate of drug-likeness (QED) is 0.794. The second-order valence-electron chi connectivity index (χ2n) is 3.05. The first-order valence-corrected chi connectivity index (χ1v) is 4.80. The minimum atomic E-state index is 0.250. The van der Waals surface area contributed by atoms with Crippen LogP contribution in [-0.4, -0.2) is 14.2 Å². The zero-order valence-electron chi connectivity index (χ0n) is 8.93. The fraction of sp³-hybridized carbons (Fsp3) is 0.364. The molecule has 80 valence electrons. The summed E-state index contributed by atoms with van der Waals surface area (Å²) < 4.78 is 10.3. The second-order valence-corrected chi connectivity index (χ2v) is 3.42. The molecule has 0 radical (unpaired) electrons. The molecule has 0 bridgehead atoms. The molecule has 0 aliphatic heterocycles. The van der Waals surface area contributed by atoms with E-state index in [-0.39, 0.29) is 6.42 Å². The molecule has 4 heteroatoms. The molecule has 0 aliphatic rings. The molecule has 0 heterocycles. The van der Waals surface area contributed by atoms with Crippen molar-refractivity contribution in [2.75, 3.05) is 14.2 Å². The Morgan fingerprint density at radius 1 is 1.40 bits per heavy atom. The van der Waals surface area contributed by atoms with Crippen molar-refractivity contribution in [3.63, 3.8) is 0 Å². The van der Waals surface area contributed by atoms with Gasteiger partial charge < -0.3 is 9.47 Å². The lowest BCUT2D eigenvalue weighted by atomic mass is 10.1. The maximum atomic E-state index is 8.67. The molecule has 15 heavy (non-hydrogen) atoms. The van der Waals surface area contributed by atoms with E-state index in [4.69, 9.17) is 26.3 Å². The standard InChI is InChI=1S/C11H12ClNO2/c1-7-9(14-2)6-8(4-5-13)11(15-3)10(7)12/h6H,4H2,1-3H3. The van der Waals surface area contributed by atoms with Crippen LogP contribution < -0.4 is 9.47 Å². The summed E-state index contributed by atoms with van der Waals surface area (Å²) in [6.45, 7) is 1.85. The Balaban J connectivity index is 3.38. The molecule has 1 aromatic carbocycles. The molecule has 3 nitrogen and oxygen atoms in total. The van der Waals surface area contributed by atoms with E-state index in [0.29, 0.717) is 16.5 Å². The van der Waals surface area contributed by atoms with Gasteiger partial charge in [0.05, 0.1) is 31.7 Å². The molecular weight excluding hydrogens is 214 g/mol. The van der Waals surface area contributed by atoms with Crippen molar-refractivity contribution in [1.29, 1.82) is 5.26 Å². The van der Waals surface area contributed by atoms with Crippen LogP contribution in [-0.2, 0) is 6.42 Å². The Labute approximate surface area is 94.2 Å².